The third-order valence-corrected chi connectivity index (χ3v) is 3.91. The summed E-state index contributed by atoms with van der Waals surface area (Å²) in [7, 11) is 0. The van der Waals surface area contributed by atoms with Crippen molar-refractivity contribution in [1.29, 1.82) is 0 Å². The number of hydrogen-bond donors (Lipinski definition) is 1. The van der Waals surface area contributed by atoms with Gasteiger partial charge in [-0.15, -0.1) is 11.3 Å². The Labute approximate surface area is 107 Å². The first-order valence-corrected chi connectivity index (χ1v) is 6.91. The van der Waals surface area contributed by atoms with Crippen LogP contribution in [0.15, 0.2) is 41.8 Å². The predicted octanol–water partition coefficient (Wildman–Crippen LogP) is 4.11. The maximum Gasteiger partial charge on any atom is 0.0800 e. The summed E-state index contributed by atoms with van der Waals surface area (Å²) < 4.78 is 0. The van der Waals surface area contributed by atoms with E-state index in [2.05, 4.69) is 31.2 Å². The smallest absolute Gasteiger partial charge is 0.0800 e. The molecule has 2 heteroatoms. The molecule has 17 heavy (non-hydrogen) atoms. The summed E-state index contributed by atoms with van der Waals surface area (Å²) in [5, 5.41) is 12.1. The minimum Gasteiger partial charge on any atom is -0.388 e. The molecule has 0 saturated carbocycles. The molecule has 0 saturated heterocycles. The van der Waals surface area contributed by atoms with Crippen molar-refractivity contribution in [1.82, 2.24) is 0 Å². The Hall–Kier alpha value is -1.12. The molecule has 1 heterocycles. The number of thiophene rings is 1. The van der Waals surface area contributed by atoms with Crippen molar-refractivity contribution < 1.29 is 5.11 Å². The second-order valence-corrected chi connectivity index (χ2v) is 5.45. The highest BCUT2D eigenvalue weighted by molar-refractivity contribution is 7.10. The predicted molar refractivity (Wildman–Crippen MR) is 73.4 cm³/mol. The fourth-order valence-corrected chi connectivity index (χ4v) is 2.80. The SMILES string of the molecule is Cc1sccc1C(O)CCCc1ccccc1. The minimum atomic E-state index is -0.301. The molecule has 0 amide bonds. The molecule has 0 aliphatic heterocycles. The van der Waals surface area contributed by atoms with E-state index in [9.17, 15) is 5.11 Å². The Kier molecular flexibility index (Phi) is 4.35. The first-order chi connectivity index (χ1) is 8.27. The molecule has 1 unspecified atom stereocenters. The maximum absolute atomic E-state index is 10.1. The largest absolute Gasteiger partial charge is 0.388 e. The van der Waals surface area contributed by atoms with Crippen LogP contribution in [0.1, 0.15) is 34.9 Å². The molecular formula is C15H18OS. The van der Waals surface area contributed by atoms with Crippen molar-refractivity contribution in [3.05, 3.63) is 57.8 Å². The van der Waals surface area contributed by atoms with E-state index in [0.29, 0.717) is 0 Å². The summed E-state index contributed by atoms with van der Waals surface area (Å²) >= 11 is 1.70. The monoisotopic (exact) mass is 246 g/mol. The topological polar surface area (TPSA) is 20.2 Å². The molecule has 2 aromatic rings. The zero-order valence-electron chi connectivity index (χ0n) is 10.1. The number of aliphatic hydroxyl groups excluding tert-OH is 1. The molecule has 1 atom stereocenters. The van der Waals surface area contributed by atoms with Gasteiger partial charge in [-0.1, -0.05) is 30.3 Å². The van der Waals surface area contributed by atoms with Crippen LogP contribution in [0.25, 0.3) is 0 Å². The average molecular weight is 246 g/mol. The van der Waals surface area contributed by atoms with Crippen molar-refractivity contribution >= 4 is 11.3 Å². The lowest BCUT2D eigenvalue weighted by Gasteiger charge is -2.10. The van der Waals surface area contributed by atoms with Gasteiger partial charge in [-0.25, -0.2) is 0 Å². The van der Waals surface area contributed by atoms with Crippen LogP contribution in [0, 0.1) is 6.92 Å². The highest BCUT2D eigenvalue weighted by Gasteiger charge is 2.10. The summed E-state index contributed by atoms with van der Waals surface area (Å²) in [6, 6.07) is 12.5. The second-order valence-electron chi connectivity index (χ2n) is 4.33. The first-order valence-electron chi connectivity index (χ1n) is 6.03. The molecule has 0 bridgehead atoms. The van der Waals surface area contributed by atoms with E-state index in [1.165, 1.54) is 10.4 Å². The number of hydrogen-bond acceptors (Lipinski definition) is 2. The summed E-state index contributed by atoms with van der Waals surface area (Å²) in [5.74, 6) is 0. The first kappa shape index (κ1) is 12.3. The Morgan fingerprint density at radius 1 is 1.18 bits per heavy atom. The fraction of sp³-hybridized carbons (Fsp3) is 0.333. The van der Waals surface area contributed by atoms with E-state index < -0.39 is 0 Å². The molecule has 1 aromatic carbocycles. The van der Waals surface area contributed by atoms with Gasteiger partial charge in [-0.05, 0) is 48.8 Å². The number of benzene rings is 1. The van der Waals surface area contributed by atoms with Gasteiger partial charge in [0.1, 0.15) is 0 Å². The van der Waals surface area contributed by atoms with E-state index >= 15 is 0 Å². The lowest BCUT2D eigenvalue weighted by Crippen LogP contribution is -1.98. The van der Waals surface area contributed by atoms with Crippen LogP contribution in [-0.4, -0.2) is 5.11 Å². The lowest BCUT2D eigenvalue weighted by molar-refractivity contribution is 0.164. The van der Waals surface area contributed by atoms with Gasteiger partial charge in [0.05, 0.1) is 6.10 Å². The normalized spacial score (nSPS) is 12.6. The van der Waals surface area contributed by atoms with E-state index in [1.807, 2.05) is 17.5 Å². The van der Waals surface area contributed by atoms with Crippen LogP contribution in [-0.2, 0) is 6.42 Å². The Morgan fingerprint density at radius 3 is 2.59 bits per heavy atom. The fourth-order valence-electron chi connectivity index (χ4n) is 2.04. The highest BCUT2D eigenvalue weighted by Crippen LogP contribution is 2.26. The second kappa shape index (κ2) is 5.99. The van der Waals surface area contributed by atoms with Crippen LogP contribution in [0.2, 0.25) is 0 Å². The van der Waals surface area contributed by atoms with Gasteiger partial charge in [-0.3, -0.25) is 0 Å². The third kappa shape index (κ3) is 3.42. The molecule has 1 aromatic heterocycles. The summed E-state index contributed by atoms with van der Waals surface area (Å²) in [4.78, 5) is 1.23. The number of aryl methyl sites for hydroxylation is 2. The van der Waals surface area contributed by atoms with Crippen molar-refractivity contribution in [3.63, 3.8) is 0 Å². The van der Waals surface area contributed by atoms with E-state index in [0.717, 1.165) is 24.8 Å². The molecule has 1 N–H and O–H groups in total. The van der Waals surface area contributed by atoms with Crippen molar-refractivity contribution in [3.8, 4) is 0 Å². The molecule has 1 nitrogen and oxygen atoms in total. The van der Waals surface area contributed by atoms with Crippen molar-refractivity contribution in [2.24, 2.45) is 0 Å². The molecule has 0 radical (unpaired) electrons. The molecule has 2 rings (SSSR count). The standard InChI is InChI=1S/C15H18OS/c1-12-14(10-11-17-12)15(16)9-5-8-13-6-3-2-4-7-13/h2-4,6-7,10-11,15-16H,5,8-9H2,1H3. The summed E-state index contributed by atoms with van der Waals surface area (Å²) in [6.45, 7) is 2.07. The van der Waals surface area contributed by atoms with Gasteiger partial charge in [0.2, 0.25) is 0 Å². The molecule has 0 aliphatic carbocycles. The zero-order valence-corrected chi connectivity index (χ0v) is 10.9. The number of rotatable bonds is 5. The van der Waals surface area contributed by atoms with Gasteiger partial charge in [0.15, 0.2) is 0 Å². The van der Waals surface area contributed by atoms with Crippen LogP contribution in [0.3, 0.4) is 0 Å². The van der Waals surface area contributed by atoms with Crippen LogP contribution in [0.4, 0.5) is 0 Å². The molecule has 0 spiro atoms. The molecule has 90 valence electrons. The quantitative estimate of drug-likeness (QED) is 0.841. The van der Waals surface area contributed by atoms with Gasteiger partial charge < -0.3 is 5.11 Å². The van der Waals surface area contributed by atoms with Crippen molar-refractivity contribution in [2.45, 2.75) is 32.3 Å². The lowest BCUT2D eigenvalue weighted by atomic mass is 10.0. The van der Waals surface area contributed by atoms with Crippen LogP contribution < -0.4 is 0 Å². The Balaban J connectivity index is 1.81. The molecule has 0 fully saturated rings. The number of aliphatic hydroxyl groups is 1. The van der Waals surface area contributed by atoms with E-state index in [4.69, 9.17) is 0 Å². The molecular weight excluding hydrogens is 228 g/mol. The van der Waals surface area contributed by atoms with Gasteiger partial charge in [0, 0.05) is 4.88 Å². The average Bonchev–Trinajstić information content (AvgIpc) is 2.77. The minimum absolute atomic E-state index is 0.301. The summed E-state index contributed by atoms with van der Waals surface area (Å²) in [6.07, 6.45) is 2.61. The van der Waals surface area contributed by atoms with Gasteiger partial charge in [0.25, 0.3) is 0 Å². The maximum atomic E-state index is 10.1. The van der Waals surface area contributed by atoms with E-state index in [-0.39, 0.29) is 6.10 Å². The van der Waals surface area contributed by atoms with Crippen molar-refractivity contribution in [2.75, 3.05) is 0 Å². The Bertz CT molecular complexity index is 447. The van der Waals surface area contributed by atoms with Gasteiger partial charge in [-0.2, -0.15) is 0 Å². The van der Waals surface area contributed by atoms with Crippen LogP contribution >= 0.6 is 11.3 Å². The van der Waals surface area contributed by atoms with Crippen LogP contribution in [0.5, 0.6) is 0 Å². The van der Waals surface area contributed by atoms with Gasteiger partial charge >= 0.3 is 0 Å². The third-order valence-electron chi connectivity index (χ3n) is 3.04. The highest BCUT2D eigenvalue weighted by atomic mass is 32.1. The molecule has 0 aliphatic rings. The van der Waals surface area contributed by atoms with E-state index in [1.54, 1.807) is 11.3 Å². The zero-order chi connectivity index (χ0) is 12.1. The summed E-state index contributed by atoms with van der Waals surface area (Å²) in [5.41, 5.74) is 2.45. The Morgan fingerprint density at radius 2 is 1.94 bits per heavy atom.